The summed E-state index contributed by atoms with van der Waals surface area (Å²) in [5.74, 6) is 3.30. The first-order chi connectivity index (χ1) is 7.68. The first-order valence-electron chi connectivity index (χ1n) is 5.23. The Morgan fingerprint density at radius 1 is 1.25 bits per heavy atom. The second-order valence-electron chi connectivity index (χ2n) is 3.81. The van der Waals surface area contributed by atoms with Gasteiger partial charge in [-0.15, -0.1) is 0 Å². The van der Waals surface area contributed by atoms with Crippen LogP contribution in [0.5, 0.6) is 0 Å². The number of carboxylic acids is 1. The summed E-state index contributed by atoms with van der Waals surface area (Å²) in [7, 11) is 0. The number of rotatable bonds is 0. The summed E-state index contributed by atoms with van der Waals surface area (Å²) in [5, 5.41) is 8.49. The predicted octanol–water partition coefficient (Wildman–Crippen LogP) is 2.14. The van der Waals surface area contributed by atoms with Gasteiger partial charge in [-0.3, -0.25) is 0 Å². The molecule has 3 heteroatoms. The number of benzene rings is 1. The van der Waals surface area contributed by atoms with Crippen molar-refractivity contribution in [1.82, 2.24) is 0 Å². The molecule has 82 valence electrons. The van der Waals surface area contributed by atoms with Crippen molar-refractivity contribution in [2.24, 2.45) is 0 Å². The summed E-state index contributed by atoms with van der Waals surface area (Å²) < 4.78 is 13.5. The molecule has 0 aromatic heterocycles. The third kappa shape index (κ3) is 2.06. The van der Waals surface area contributed by atoms with Crippen molar-refractivity contribution in [2.45, 2.75) is 25.7 Å². The molecule has 0 heterocycles. The zero-order valence-corrected chi connectivity index (χ0v) is 8.72. The van der Waals surface area contributed by atoms with E-state index in [4.69, 9.17) is 5.11 Å². The minimum atomic E-state index is -1.16. The van der Waals surface area contributed by atoms with E-state index >= 15 is 0 Å². The molecule has 0 unspecified atom stereocenters. The van der Waals surface area contributed by atoms with Crippen LogP contribution >= 0.6 is 0 Å². The second-order valence-corrected chi connectivity index (χ2v) is 3.81. The van der Waals surface area contributed by atoms with Gasteiger partial charge in [0.1, 0.15) is 5.82 Å². The van der Waals surface area contributed by atoms with Crippen LogP contribution < -0.4 is 0 Å². The van der Waals surface area contributed by atoms with Gasteiger partial charge in [-0.1, -0.05) is 5.92 Å². The number of carbonyl (C=O) groups is 1. The fraction of sp³-hybridized carbons (Fsp3) is 0.308. The molecule has 0 bridgehead atoms. The van der Waals surface area contributed by atoms with Crippen molar-refractivity contribution in [1.29, 1.82) is 0 Å². The lowest BCUT2D eigenvalue weighted by Crippen LogP contribution is -2.07. The highest BCUT2D eigenvalue weighted by Gasteiger charge is 2.16. The van der Waals surface area contributed by atoms with E-state index in [2.05, 4.69) is 11.8 Å². The van der Waals surface area contributed by atoms with Gasteiger partial charge in [0.25, 0.3) is 0 Å². The van der Waals surface area contributed by atoms with Crippen LogP contribution in [0, 0.1) is 17.7 Å². The number of halogens is 1. The molecule has 1 aliphatic carbocycles. The minimum absolute atomic E-state index is 0.199. The number of hydrogen-bond acceptors (Lipinski definition) is 1. The molecule has 1 aromatic carbocycles. The summed E-state index contributed by atoms with van der Waals surface area (Å²) in [6, 6.07) is 2.94. The van der Waals surface area contributed by atoms with Gasteiger partial charge in [0, 0.05) is 11.5 Å². The van der Waals surface area contributed by atoms with Crippen LogP contribution in [0.25, 0.3) is 0 Å². The van der Waals surface area contributed by atoms with E-state index in [1.165, 1.54) is 6.07 Å². The third-order valence-electron chi connectivity index (χ3n) is 2.78. The second kappa shape index (κ2) is 4.36. The van der Waals surface area contributed by atoms with Crippen LogP contribution in [0.3, 0.4) is 0 Å². The summed E-state index contributed by atoms with van der Waals surface area (Å²) in [4.78, 5) is 10.4. The molecule has 0 saturated carbocycles. The van der Waals surface area contributed by atoms with E-state index in [0.717, 1.165) is 31.2 Å². The Labute approximate surface area is 93.1 Å². The molecule has 0 radical (unpaired) electrons. The molecular weight excluding hydrogens is 207 g/mol. The van der Waals surface area contributed by atoms with Crippen LogP contribution in [0.1, 0.15) is 29.5 Å². The van der Waals surface area contributed by atoms with Gasteiger partial charge in [0.2, 0.25) is 0 Å². The van der Waals surface area contributed by atoms with Crippen LogP contribution in [0.4, 0.5) is 4.39 Å². The Hall–Kier alpha value is -1.82. The molecule has 0 amide bonds. The Bertz CT molecular complexity index is 495. The largest absolute Gasteiger partial charge is 0.472 e. The number of fused-ring (bicyclic) bond motifs is 1. The first-order valence-corrected chi connectivity index (χ1v) is 5.23. The minimum Gasteiger partial charge on any atom is -0.472 e. The average molecular weight is 218 g/mol. The topological polar surface area (TPSA) is 37.3 Å². The molecule has 0 fully saturated rings. The molecule has 1 aromatic rings. The van der Waals surface area contributed by atoms with Crippen molar-refractivity contribution >= 4 is 5.97 Å². The lowest BCUT2D eigenvalue weighted by Gasteiger charge is -2.17. The number of hydrogen-bond donors (Lipinski definition) is 1. The average Bonchev–Trinajstić information content (AvgIpc) is 2.28. The lowest BCUT2D eigenvalue weighted by atomic mass is 9.88. The van der Waals surface area contributed by atoms with Gasteiger partial charge in [-0.25, -0.2) is 9.18 Å². The highest BCUT2D eigenvalue weighted by molar-refractivity contribution is 5.87. The third-order valence-corrected chi connectivity index (χ3v) is 2.78. The molecular formula is C13H11FO2. The van der Waals surface area contributed by atoms with Crippen LogP contribution in [0.2, 0.25) is 0 Å². The molecule has 0 atom stereocenters. The fourth-order valence-corrected chi connectivity index (χ4v) is 2.06. The van der Waals surface area contributed by atoms with E-state index in [-0.39, 0.29) is 5.82 Å². The monoisotopic (exact) mass is 218 g/mol. The molecule has 0 spiro atoms. The van der Waals surface area contributed by atoms with Crippen LogP contribution in [-0.4, -0.2) is 11.1 Å². The number of carboxylic acid groups (broad SMARTS) is 1. The van der Waals surface area contributed by atoms with E-state index in [9.17, 15) is 9.18 Å². The molecule has 1 aliphatic rings. The van der Waals surface area contributed by atoms with E-state index in [1.807, 2.05) is 0 Å². The summed E-state index contributed by atoms with van der Waals surface area (Å²) in [6.45, 7) is 0. The van der Waals surface area contributed by atoms with Gasteiger partial charge in [-0.2, -0.15) is 0 Å². The van der Waals surface area contributed by atoms with Crippen molar-refractivity contribution in [3.63, 3.8) is 0 Å². The van der Waals surface area contributed by atoms with Gasteiger partial charge in [0.05, 0.1) is 0 Å². The van der Waals surface area contributed by atoms with E-state index < -0.39 is 5.97 Å². The summed E-state index contributed by atoms with van der Waals surface area (Å²) in [5.41, 5.74) is 2.25. The molecule has 1 N–H and O–H groups in total. The van der Waals surface area contributed by atoms with Crippen molar-refractivity contribution in [3.05, 3.63) is 34.6 Å². The molecule has 0 saturated heterocycles. The molecule has 2 rings (SSSR count). The van der Waals surface area contributed by atoms with Crippen molar-refractivity contribution < 1.29 is 14.3 Å². The quantitative estimate of drug-likeness (QED) is 0.677. The Morgan fingerprint density at radius 3 is 2.62 bits per heavy atom. The highest BCUT2D eigenvalue weighted by Crippen LogP contribution is 2.26. The highest BCUT2D eigenvalue weighted by atomic mass is 19.1. The molecule has 0 aliphatic heterocycles. The Balaban J connectivity index is 2.48. The van der Waals surface area contributed by atoms with E-state index in [1.54, 1.807) is 6.07 Å². The van der Waals surface area contributed by atoms with Gasteiger partial charge < -0.3 is 5.11 Å². The molecule has 2 nitrogen and oxygen atoms in total. The fourth-order valence-electron chi connectivity index (χ4n) is 2.06. The zero-order chi connectivity index (χ0) is 11.5. The maximum Gasteiger partial charge on any atom is 0.382 e. The zero-order valence-electron chi connectivity index (χ0n) is 8.72. The SMILES string of the molecule is O=C(O)C#Cc1ccc(F)c2c1CCCC2. The van der Waals surface area contributed by atoms with Crippen molar-refractivity contribution in [3.8, 4) is 11.8 Å². The molecule has 16 heavy (non-hydrogen) atoms. The van der Waals surface area contributed by atoms with Gasteiger partial charge in [0.15, 0.2) is 0 Å². The smallest absolute Gasteiger partial charge is 0.382 e. The standard InChI is InChI=1S/C13H11FO2/c14-12-7-5-9(6-8-13(15)16)10-3-1-2-4-11(10)12/h5,7H,1-4H2,(H,15,16). The maximum absolute atomic E-state index is 13.5. The van der Waals surface area contributed by atoms with Crippen LogP contribution in [-0.2, 0) is 17.6 Å². The van der Waals surface area contributed by atoms with Crippen LogP contribution in [0.15, 0.2) is 12.1 Å². The summed E-state index contributed by atoms with van der Waals surface area (Å²) in [6.07, 6.45) is 3.51. The Kier molecular flexibility index (Phi) is 2.91. The Morgan fingerprint density at radius 2 is 1.94 bits per heavy atom. The maximum atomic E-state index is 13.5. The lowest BCUT2D eigenvalue weighted by molar-refractivity contribution is -0.130. The predicted molar refractivity (Wildman–Crippen MR) is 57.6 cm³/mol. The van der Waals surface area contributed by atoms with Crippen molar-refractivity contribution in [2.75, 3.05) is 0 Å². The van der Waals surface area contributed by atoms with Gasteiger partial charge >= 0.3 is 5.97 Å². The van der Waals surface area contributed by atoms with Gasteiger partial charge in [-0.05, 0) is 48.9 Å². The van der Waals surface area contributed by atoms with E-state index in [0.29, 0.717) is 11.1 Å². The normalized spacial score (nSPS) is 13.6. The number of aliphatic carboxylic acids is 1. The first kappa shape index (κ1) is 10.7. The summed E-state index contributed by atoms with van der Waals surface area (Å²) >= 11 is 0.